The molecular weight excluding hydrogens is 491 g/mol. The number of halogens is 4. The zero-order chi connectivity index (χ0) is 25.3. The maximum atomic E-state index is 13.0. The van der Waals surface area contributed by atoms with Gasteiger partial charge in [-0.25, -0.2) is 24.4 Å². The van der Waals surface area contributed by atoms with E-state index < -0.39 is 30.6 Å². The van der Waals surface area contributed by atoms with E-state index in [1.807, 2.05) is 0 Å². The van der Waals surface area contributed by atoms with Crippen LogP contribution < -0.4 is 11.4 Å². The Hall–Kier alpha value is -3.62. The maximum Gasteiger partial charge on any atom is 0.416 e. The van der Waals surface area contributed by atoms with Crippen LogP contribution in [0.25, 0.3) is 17.3 Å². The first-order valence-corrected chi connectivity index (χ1v) is 10.6. The van der Waals surface area contributed by atoms with Gasteiger partial charge in [-0.1, -0.05) is 11.6 Å². The van der Waals surface area contributed by atoms with Gasteiger partial charge in [-0.3, -0.25) is 4.57 Å². The number of rotatable bonds is 7. The normalized spacial score (nSPS) is 13.7. The van der Waals surface area contributed by atoms with Crippen molar-refractivity contribution in [1.82, 2.24) is 39.1 Å². The summed E-state index contributed by atoms with van der Waals surface area (Å²) < 4.78 is 42.1. The van der Waals surface area contributed by atoms with Crippen molar-refractivity contribution in [2.75, 3.05) is 0 Å². The Balaban J connectivity index is 1.76. The largest absolute Gasteiger partial charge is 0.416 e. The number of aliphatic hydroxyl groups is 1. The van der Waals surface area contributed by atoms with E-state index in [2.05, 4.69) is 25.1 Å². The number of aromatic nitrogens is 8. The van der Waals surface area contributed by atoms with Gasteiger partial charge in [0, 0.05) is 23.0 Å². The number of hydrogen-bond donors (Lipinski definition) is 2. The highest BCUT2D eigenvalue weighted by molar-refractivity contribution is 6.30. The second-order valence-electron chi connectivity index (χ2n) is 7.57. The maximum absolute atomic E-state index is 13.0. The molecule has 4 aromatic rings. The van der Waals surface area contributed by atoms with Gasteiger partial charge in [-0.05, 0) is 37.3 Å². The number of benzene rings is 1. The zero-order valence-corrected chi connectivity index (χ0v) is 18.9. The van der Waals surface area contributed by atoms with E-state index in [9.17, 15) is 23.1 Å². The standard InChI is InChI=1S/C20H19ClF3N9O2/c1-11(25)16-28-15(29-33(16)18-26-7-2-8-27-18)10-32-19(35)31(9-14(34)20(22,23)24)17(30-32)12-3-5-13(21)6-4-12/h2-8,11,14,34H,9-10,25H2,1H3/t11?,14-/m0/s1. The third-order valence-corrected chi connectivity index (χ3v) is 5.13. The first kappa shape index (κ1) is 24.5. The van der Waals surface area contributed by atoms with Crippen LogP contribution in [0.4, 0.5) is 13.2 Å². The minimum Gasteiger partial charge on any atom is -0.382 e. The topological polar surface area (TPSA) is 143 Å². The molecule has 184 valence electrons. The van der Waals surface area contributed by atoms with E-state index in [4.69, 9.17) is 17.3 Å². The van der Waals surface area contributed by atoms with Crippen LogP contribution in [0.5, 0.6) is 0 Å². The monoisotopic (exact) mass is 509 g/mol. The molecule has 0 saturated carbocycles. The Morgan fingerprint density at radius 1 is 1.14 bits per heavy atom. The highest BCUT2D eigenvalue weighted by Crippen LogP contribution is 2.24. The van der Waals surface area contributed by atoms with Gasteiger partial charge < -0.3 is 10.8 Å². The highest BCUT2D eigenvalue weighted by Gasteiger charge is 2.39. The summed E-state index contributed by atoms with van der Waals surface area (Å²) in [5.41, 5.74) is 5.42. The summed E-state index contributed by atoms with van der Waals surface area (Å²) >= 11 is 5.90. The van der Waals surface area contributed by atoms with Crippen LogP contribution in [0.15, 0.2) is 47.5 Å². The van der Waals surface area contributed by atoms with Crippen molar-refractivity contribution in [2.24, 2.45) is 5.73 Å². The summed E-state index contributed by atoms with van der Waals surface area (Å²) in [5.74, 6) is 0.527. The molecule has 0 saturated heterocycles. The highest BCUT2D eigenvalue weighted by atomic mass is 35.5. The van der Waals surface area contributed by atoms with Crippen LogP contribution in [0.3, 0.4) is 0 Å². The predicted octanol–water partition coefficient (Wildman–Crippen LogP) is 1.73. The van der Waals surface area contributed by atoms with E-state index in [0.717, 1.165) is 9.25 Å². The molecule has 2 atom stereocenters. The van der Waals surface area contributed by atoms with Crippen molar-refractivity contribution >= 4 is 11.6 Å². The number of nitrogens with zero attached hydrogens (tertiary/aromatic N) is 8. The van der Waals surface area contributed by atoms with Crippen LogP contribution in [-0.4, -0.2) is 56.5 Å². The van der Waals surface area contributed by atoms with Crippen molar-refractivity contribution in [3.63, 3.8) is 0 Å². The molecule has 15 heteroatoms. The van der Waals surface area contributed by atoms with Gasteiger partial charge >= 0.3 is 11.9 Å². The Kier molecular flexibility index (Phi) is 6.69. The SMILES string of the molecule is CC(N)c1nc(Cn2nc(-c3ccc(Cl)cc3)n(C[C@H](O)C(F)(F)F)c2=O)nn1-c1ncccn1. The van der Waals surface area contributed by atoms with Crippen LogP contribution in [-0.2, 0) is 13.1 Å². The quantitative estimate of drug-likeness (QED) is 0.383. The van der Waals surface area contributed by atoms with E-state index in [1.54, 1.807) is 13.0 Å². The van der Waals surface area contributed by atoms with Crippen molar-refractivity contribution in [3.05, 3.63) is 69.9 Å². The van der Waals surface area contributed by atoms with Gasteiger partial charge in [0.15, 0.2) is 23.6 Å². The zero-order valence-electron chi connectivity index (χ0n) is 18.1. The van der Waals surface area contributed by atoms with Gasteiger partial charge in [0.2, 0.25) is 0 Å². The fourth-order valence-corrected chi connectivity index (χ4v) is 3.34. The molecule has 3 aromatic heterocycles. The van der Waals surface area contributed by atoms with Crippen molar-refractivity contribution < 1.29 is 18.3 Å². The molecule has 0 radical (unpaired) electrons. The van der Waals surface area contributed by atoms with E-state index in [0.29, 0.717) is 16.4 Å². The molecular formula is C20H19ClF3N9O2. The lowest BCUT2D eigenvalue weighted by Crippen LogP contribution is -2.37. The van der Waals surface area contributed by atoms with Gasteiger partial charge in [-0.2, -0.15) is 17.9 Å². The molecule has 3 heterocycles. The molecule has 0 aliphatic rings. The summed E-state index contributed by atoms with van der Waals surface area (Å²) in [4.78, 5) is 25.6. The molecule has 35 heavy (non-hydrogen) atoms. The molecule has 0 amide bonds. The lowest BCUT2D eigenvalue weighted by molar-refractivity contribution is -0.207. The van der Waals surface area contributed by atoms with Gasteiger partial charge in [0.25, 0.3) is 5.95 Å². The lowest BCUT2D eigenvalue weighted by Gasteiger charge is -2.15. The van der Waals surface area contributed by atoms with E-state index in [-0.39, 0.29) is 24.1 Å². The number of hydrogen-bond acceptors (Lipinski definition) is 8. The second kappa shape index (κ2) is 9.56. The van der Waals surface area contributed by atoms with Crippen molar-refractivity contribution in [3.8, 4) is 17.3 Å². The molecule has 0 aliphatic carbocycles. The number of aliphatic hydroxyl groups excluding tert-OH is 1. The predicted molar refractivity (Wildman–Crippen MR) is 118 cm³/mol. The van der Waals surface area contributed by atoms with Crippen LogP contribution in [0.2, 0.25) is 5.02 Å². The van der Waals surface area contributed by atoms with Crippen LogP contribution in [0.1, 0.15) is 24.6 Å². The average Bonchev–Trinajstić information content (AvgIpc) is 3.37. The summed E-state index contributed by atoms with van der Waals surface area (Å²) in [6.07, 6.45) is -4.70. The molecule has 3 N–H and O–H groups in total. The number of alkyl halides is 3. The van der Waals surface area contributed by atoms with Gasteiger partial charge in [0.05, 0.1) is 12.6 Å². The van der Waals surface area contributed by atoms with Gasteiger partial charge in [0.1, 0.15) is 6.54 Å². The molecule has 0 aliphatic heterocycles. The van der Waals surface area contributed by atoms with E-state index in [1.165, 1.54) is 41.3 Å². The first-order valence-electron chi connectivity index (χ1n) is 10.2. The Bertz CT molecular complexity index is 1370. The molecule has 0 fully saturated rings. The minimum atomic E-state index is -4.93. The smallest absolute Gasteiger partial charge is 0.382 e. The van der Waals surface area contributed by atoms with Crippen LogP contribution in [0, 0.1) is 0 Å². The van der Waals surface area contributed by atoms with E-state index >= 15 is 0 Å². The Morgan fingerprint density at radius 3 is 2.40 bits per heavy atom. The molecule has 1 unspecified atom stereocenters. The Morgan fingerprint density at radius 2 is 1.80 bits per heavy atom. The fourth-order valence-electron chi connectivity index (χ4n) is 3.21. The molecule has 11 nitrogen and oxygen atoms in total. The Labute approximate surface area is 200 Å². The summed E-state index contributed by atoms with van der Waals surface area (Å²) in [6, 6.07) is 7.05. The third kappa shape index (κ3) is 5.23. The number of nitrogens with two attached hydrogens (primary N) is 1. The van der Waals surface area contributed by atoms with Crippen LogP contribution >= 0.6 is 11.6 Å². The van der Waals surface area contributed by atoms with Crippen molar-refractivity contribution in [1.29, 1.82) is 0 Å². The molecule has 0 spiro atoms. The summed E-state index contributed by atoms with van der Waals surface area (Å²) in [7, 11) is 0. The third-order valence-electron chi connectivity index (χ3n) is 4.87. The molecule has 0 bridgehead atoms. The molecule has 4 rings (SSSR count). The summed E-state index contributed by atoms with van der Waals surface area (Å²) in [6.45, 7) is 0.338. The minimum absolute atomic E-state index is 0.0896. The average molecular weight is 510 g/mol. The molecule has 1 aromatic carbocycles. The second-order valence-corrected chi connectivity index (χ2v) is 8.01. The summed E-state index contributed by atoms with van der Waals surface area (Å²) in [5, 5.41) is 18.5. The van der Waals surface area contributed by atoms with Gasteiger partial charge in [-0.15, -0.1) is 10.2 Å². The fraction of sp³-hybridized carbons (Fsp3) is 0.300. The first-order chi connectivity index (χ1) is 16.5. The lowest BCUT2D eigenvalue weighted by atomic mass is 10.2. The van der Waals surface area contributed by atoms with Crippen molar-refractivity contribution in [2.45, 2.75) is 38.3 Å².